The van der Waals surface area contributed by atoms with Crippen LogP contribution in [0.3, 0.4) is 0 Å². The first-order valence-electron chi connectivity index (χ1n) is 6.17. The minimum absolute atomic E-state index is 0.0752. The van der Waals surface area contributed by atoms with E-state index in [0.29, 0.717) is 0 Å². The third-order valence-electron chi connectivity index (χ3n) is 3.20. The van der Waals surface area contributed by atoms with Crippen molar-refractivity contribution in [2.45, 2.75) is 33.2 Å². The fourth-order valence-corrected chi connectivity index (χ4v) is 1.97. The van der Waals surface area contributed by atoms with Gasteiger partial charge in [-0.15, -0.1) is 0 Å². The largest absolute Gasteiger partial charge is 0.322 e. The summed E-state index contributed by atoms with van der Waals surface area (Å²) in [5.74, 6) is 0.767. The average Bonchev–Trinajstić information content (AvgIpc) is 2.34. The third kappa shape index (κ3) is 2.93. The second kappa shape index (κ2) is 5.27. The van der Waals surface area contributed by atoms with Gasteiger partial charge in [-0.05, 0) is 49.9 Å². The summed E-state index contributed by atoms with van der Waals surface area (Å²) in [6.07, 6.45) is 2.56. The Hall–Kier alpha value is -1.74. The number of aryl methyl sites for hydroxylation is 3. The Morgan fingerprint density at radius 1 is 1.11 bits per heavy atom. The molecule has 2 rings (SSSR count). The van der Waals surface area contributed by atoms with Crippen LogP contribution >= 0.6 is 0 Å². The lowest BCUT2D eigenvalue weighted by Gasteiger charge is -2.12. The molecule has 0 bridgehead atoms. The summed E-state index contributed by atoms with van der Waals surface area (Å²) < 4.78 is 0. The van der Waals surface area contributed by atoms with E-state index in [2.05, 4.69) is 42.0 Å². The number of hydrogen-bond donors (Lipinski definition) is 1. The lowest BCUT2D eigenvalue weighted by Crippen LogP contribution is -2.15. The van der Waals surface area contributed by atoms with Gasteiger partial charge in [0.25, 0.3) is 0 Å². The van der Waals surface area contributed by atoms with Crippen molar-refractivity contribution in [3.63, 3.8) is 0 Å². The summed E-state index contributed by atoms with van der Waals surface area (Å²) in [6.45, 7) is 6.12. The van der Waals surface area contributed by atoms with E-state index in [1.807, 2.05) is 13.0 Å². The molecule has 0 aliphatic heterocycles. The van der Waals surface area contributed by atoms with Crippen LogP contribution in [0.25, 0.3) is 0 Å². The van der Waals surface area contributed by atoms with E-state index in [0.717, 1.165) is 17.9 Å². The molecule has 0 aliphatic rings. The predicted molar refractivity (Wildman–Crippen MR) is 73.3 cm³/mol. The van der Waals surface area contributed by atoms with Crippen molar-refractivity contribution >= 4 is 0 Å². The van der Waals surface area contributed by atoms with E-state index in [1.165, 1.54) is 16.7 Å². The predicted octanol–water partition coefficient (Wildman–Crippen LogP) is 2.64. The van der Waals surface area contributed by atoms with Crippen LogP contribution in [0.1, 0.15) is 34.3 Å². The summed E-state index contributed by atoms with van der Waals surface area (Å²) in [6, 6.07) is 8.29. The van der Waals surface area contributed by atoms with Gasteiger partial charge in [-0.2, -0.15) is 0 Å². The number of benzene rings is 1. The first-order chi connectivity index (χ1) is 8.56. The molecular weight excluding hydrogens is 222 g/mol. The number of aromatic nitrogens is 2. The normalized spacial score (nSPS) is 12.4. The number of rotatable bonds is 3. The van der Waals surface area contributed by atoms with Gasteiger partial charge in [0.1, 0.15) is 5.82 Å². The SMILES string of the molecule is Cc1nccc(C(N)Cc2ccc(C)c(C)c2)n1. The molecule has 94 valence electrons. The molecule has 0 amide bonds. The molecule has 3 nitrogen and oxygen atoms in total. The summed E-state index contributed by atoms with van der Waals surface area (Å²) in [4.78, 5) is 8.46. The topological polar surface area (TPSA) is 51.8 Å². The van der Waals surface area contributed by atoms with E-state index >= 15 is 0 Å². The maximum Gasteiger partial charge on any atom is 0.125 e. The second-order valence-corrected chi connectivity index (χ2v) is 4.76. The molecule has 2 aromatic rings. The van der Waals surface area contributed by atoms with E-state index < -0.39 is 0 Å². The Labute approximate surface area is 108 Å². The van der Waals surface area contributed by atoms with Gasteiger partial charge in [0.15, 0.2) is 0 Å². The lowest BCUT2D eigenvalue weighted by molar-refractivity contribution is 0.687. The maximum atomic E-state index is 6.19. The highest BCUT2D eigenvalue weighted by atomic mass is 14.9. The van der Waals surface area contributed by atoms with Gasteiger partial charge in [0.2, 0.25) is 0 Å². The van der Waals surface area contributed by atoms with E-state index in [4.69, 9.17) is 5.73 Å². The molecule has 0 saturated carbocycles. The lowest BCUT2D eigenvalue weighted by atomic mass is 10.00. The Bertz CT molecular complexity index is 549. The summed E-state index contributed by atoms with van der Waals surface area (Å²) in [7, 11) is 0. The molecule has 0 spiro atoms. The molecular formula is C15H19N3. The molecule has 0 radical (unpaired) electrons. The number of nitrogens with zero attached hydrogens (tertiary/aromatic N) is 2. The highest BCUT2D eigenvalue weighted by Gasteiger charge is 2.09. The van der Waals surface area contributed by atoms with E-state index in [-0.39, 0.29) is 6.04 Å². The van der Waals surface area contributed by atoms with Crippen molar-refractivity contribution in [1.82, 2.24) is 9.97 Å². The van der Waals surface area contributed by atoms with Crippen LogP contribution in [-0.2, 0) is 6.42 Å². The van der Waals surface area contributed by atoms with E-state index in [9.17, 15) is 0 Å². The molecule has 3 heteroatoms. The number of hydrogen-bond acceptors (Lipinski definition) is 3. The summed E-state index contributed by atoms with van der Waals surface area (Å²) in [5.41, 5.74) is 11.0. The molecule has 1 atom stereocenters. The molecule has 1 aromatic carbocycles. The van der Waals surface area contributed by atoms with Gasteiger partial charge < -0.3 is 5.73 Å². The zero-order chi connectivity index (χ0) is 13.1. The van der Waals surface area contributed by atoms with Crippen LogP contribution in [0.15, 0.2) is 30.5 Å². The standard InChI is InChI=1S/C15H19N3/c1-10-4-5-13(8-11(10)2)9-14(16)15-6-7-17-12(3)18-15/h4-8,14H,9,16H2,1-3H3. The van der Waals surface area contributed by atoms with Crippen LogP contribution in [0.5, 0.6) is 0 Å². The second-order valence-electron chi connectivity index (χ2n) is 4.76. The first-order valence-corrected chi connectivity index (χ1v) is 6.17. The van der Waals surface area contributed by atoms with Crippen molar-refractivity contribution in [3.8, 4) is 0 Å². The van der Waals surface area contributed by atoms with Crippen LogP contribution in [0, 0.1) is 20.8 Å². The van der Waals surface area contributed by atoms with Gasteiger partial charge in [0, 0.05) is 6.20 Å². The third-order valence-corrected chi connectivity index (χ3v) is 3.20. The fraction of sp³-hybridized carbons (Fsp3) is 0.333. The molecule has 0 fully saturated rings. The summed E-state index contributed by atoms with van der Waals surface area (Å²) >= 11 is 0. The minimum Gasteiger partial charge on any atom is -0.322 e. The van der Waals surface area contributed by atoms with Gasteiger partial charge in [-0.3, -0.25) is 0 Å². The van der Waals surface area contributed by atoms with Crippen molar-refractivity contribution in [2.24, 2.45) is 5.73 Å². The minimum atomic E-state index is -0.0752. The van der Waals surface area contributed by atoms with Crippen LogP contribution in [0.2, 0.25) is 0 Å². The van der Waals surface area contributed by atoms with Crippen LogP contribution in [-0.4, -0.2) is 9.97 Å². The first kappa shape index (κ1) is 12.7. The van der Waals surface area contributed by atoms with Crippen molar-refractivity contribution in [2.75, 3.05) is 0 Å². The highest BCUT2D eigenvalue weighted by molar-refractivity contribution is 5.30. The Balaban J connectivity index is 2.16. The van der Waals surface area contributed by atoms with Crippen molar-refractivity contribution in [3.05, 3.63) is 58.7 Å². The highest BCUT2D eigenvalue weighted by Crippen LogP contribution is 2.16. The Morgan fingerprint density at radius 2 is 1.89 bits per heavy atom. The van der Waals surface area contributed by atoms with Crippen molar-refractivity contribution in [1.29, 1.82) is 0 Å². The summed E-state index contributed by atoms with van der Waals surface area (Å²) in [5, 5.41) is 0. The van der Waals surface area contributed by atoms with Gasteiger partial charge >= 0.3 is 0 Å². The average molecular weight is 241 g/mol. The molecule has 18 heavy (non-hydrogen) atoms. The zero-order valence-corrected chi connectivity index (χ0v) is 11.1. The monoisotopic (exact) mass is 241 g/mol. The van der Waals surface area contributed by atoms with Gasteiger partial charge in [-0.1, -0.05) is 18.2 Å². The Morgan fingerprint density at radius 3 is 2.56 bits per heavy atom. The number of nitrogens with two attached hydrogens (primary N) is 1. The molecule has 1 unspecified atom stereocenters. The van der Waals surface area contributed by atoms with Crippen LogP contribution < -0.4 is 5.73 Å². The Kier molecular flexibility index (Phi) is 3.72. The zero-order valence-electron chi connectivity index (χ0n) is 11.1. The maximum absolute atomic E-state index is 6.19. The van der Waals surface area contributed by atoms with Crippen molar-refractivity contribution < 1.29 is 0 Å². The molecule has 1 heterocycles. The quantitative estimate of drug-likeness (QED) is 0.898. The fourth-order valence-electron chi connectivity index (χ4n) is 1.97. The van der Waals surface area contributed by atoms with Gasteiger partial charge in [-0.25, -0.2) is 9.97 Å². The van der Waals surface area contributed by atoms with Crippen LogP contribution in [0.4, 0.5) is 0 Å². The smallest absolute Gasteiger partial charge is 0.125 e. The molecule has 1 aromatic heterocycles. The molecule has 0 aliphatic carbocycles. The molecule has 0 saturated heterocycles. The van der Waals surface area contributed by atoms with Gasteiger partial charge in [0.05, 0.1) is 11.7 Å². The molecule has 2 N–H and O–H groups in total. The van der Waals surface area contributed by atoms with E-state index in [1.54, 1.807) is 6.20 Å².